The lowest BCUT2D eigenvalue weighted by molar-refractivity contribution is -0.385. The van der Waals surface area contributed by atoms with E-state index in [0.717, 1.165) is 10.9 Å². The Hall–Kier alpha value is -3.20. The lowest BCUT2D eigenvalue weighted by Crippen LogP contribution is -2.07. The van der Waals surface area contributed by atoms with E-state index in [-0.39, 0.29) is 30.2 Å². The molecule has 0 fully saturated rings. The number of thiophene rings is 1. The number of hydrogen-bond acceptors (Lipinski definition) is 8. The van der Waals surface area contributed by atoms with E-state index in [1.165, 1.54) is 23.5 Å². The highest BCUT2D eigenvalue weighted by atomic mass is 32.1. The lowest BCUT2D eigenvalue weighted by atomic mass is 10.2. The molecule has 0 amide bonds. The minimum atomic E-state index is -0.693. The molecule has 0 bridgehead atoms. The summed E-state index contributed by atoms with van der Waals surface area (Å²) in [4.78, 5) is 28.0. The number of rotatable bonds is 7. The first-order chi connectivity index (χ1) is 13.0. The van der Waals surface area contributed by atoms with E-state index in [9.17, 15) is 14.9 Å². The molecule has 0 aliphatic rings. The van der Waals surface area contributed by atoms with Crippen LogP contribution in [0.3, 0.4) is 0 Å². The molecule has 0 radical (unpaired) electrons. The Labute approximate surface area is 158 Å². The van der Waals surface area contributed by atoms with Crippen LogP contribution in [-0.4, -0.2) is 22.5 Å². The molecule has 3 aromatic rings. The largest absolute Gasteiger partial charge is 0.487 e. The van der Waals surface area contributed by atoms with Gasteiger partial charge in [0.05, 0.1) is 22.0 Å². The first kappa shape index (κ1) is 18.6. The smallest absolute Gasteiger partial charge is 0.338 e. The van der Waals surface area contributed by atoms with Gasteiger partial charge in [0.15, 0.2) is 5.75 Å². The molecule has 9 heteroatoms. The van der Waals surface area contributed by atoms with E-state index in [1.807, 2.05) is 17.5 Å². The summed E-state index contributed by atoms with van der Waals surface area (Å²) in [5.74, 6) is 0.419. The van der Waals surface area contributed by atoms with Gasteiger partial charge < -0.3 is 13.9 Å². The number of aromatic nitrogens is 1. The highest BCUT2D eigenvalue weighted by Crippen LogP contribution is 2.29. The van der Waals surface area contributed by atoms with Crippen molar-refractivity contribution in [2.24, 2.45) is 0 Å². The van der Waals surface area contributed by atoms with Crippen LogP contribution in [0.15, 0.2) is 40.1 Å². The number of carbonyl (C=O) groups excluding carboxylic acids is 1. The van der Waals surface area contributed by atoms with Gasteiger partial charge in [-0.3, -0.25) is 10.1 Å². The summed E-state index contributed by atoms with van der Waals surface area (Å²) >= 11 is 1.49. The third kappa shape index (κ3) is 4.14. The molecule has 0 aliphatic carbocycles. The van der Waals surface area contributed by atoms with Gasteiger partial charge in [0, 0.05) is 6.07 Å². The molecule has 0 unspecified atom stereocenters. The number of carbonyl (C=O) groups is 1. The third-order valence-electron chi connectivity index (χ3n) is 3.66. The van der Waals surface area contributed by atoms with Crippen LogP contribution in [0.25, 0.3) is 10.8 Å². The van der Waals surface area contributed by atoms with E-state index in [1.54, 1.807) is 13.8 Å². The Morgan fingerprint density at radius 3 is 2.85 bits per heavy atom. The molecule has 1 aromatic carbocycles. The Kier molecular flexibility index (Phi) is 5.51. The van der Waals surface area contributed by atoms with Crippen LogP contribution >= 0.6 is 11.3 Å². The summed E-state index contributed by atoms with van der Waals surface area (Å²) in [6.45, 7) is 3.63. The SMILES string of the molecule is CCOc1ccc(C(=O)OCc2nc(-c3cccs3)oc2C)cc1[N+](=O)[O-]. The molecule has 140 valence electrons. The molecule has 0 spiro atoms. The fourth-order valence-corrected chi connectivity index (χ4v) is 3.00. The molecule has 0 atom stereocenters. The topological polar surface area (TPSA) is 105 Å². The summed E-state index contributed by atoms with van der Waals surface area (Å²) in [6.07, 6.45) is 0. The van der Waals surface area contributed by atoms with Crippen molar-refractivity contribution in [3.05, 3.63) is 62.8 Å². The van der Waals surface area contributed by atoms with Gasteiger partial charge in [0.1, 0.15) is 18.1 Å². The fraction of sp³-hybridized carbons (Fsp3) is 0.222. The van der Waals surface area contributed by atoms with Crippen molar-refractivity contribution in [3.63, 3.8) is 0 Å². The van der Waals surface area contributed by atoms with Crippen LogP contribution in [0.4, 0.5) is 5.69 Å². The van der Waals surface area contributed by atoms with Crippen molar-refractivity contribution in [1.82, 2.24) is 4.98 Å². The maximum Gasteiger partial charge on any atom is 0.338 e. The molecule has 2 aromatic heterocycles. The Morgan fingerprint density at radius 1 is 1.37 bits per heavy atom. The van der Waals surface area contributed by atoms with E-state index in [4.69, 9.17) is 13.9 Å². The zero-order valence-corrected chi connectivity index (χ0v) is 15.4. The Morgan fingerprint density at radius 2 is 2.19 bits per heavy atom. The maximum atomic E-state index is 12.3. The van der Waals surface area contributed by atoms with Crippen molar-refractivity contribution in [2.45, 2.75) is 20.5 Å². The molecule has 0 saturated carbocycles. The van der Waals surface area contributed by atoms with Crippen LogP contribution in [-0.2, 0) is 11.3 Å². The number of nitrogens with zero attached hydrogens (tertiary/aromatic N) is 2. The van der Waals surface area contributed by atoms with Crippen LogP contribution in [0.1, 0.15) is 28.7 Å². The molecule has 0 saturated heterocycles. The second kappa shape index (κ2) is 8.00. The molecule has 0 aliphatic heterocycles. The predicted molar refractivity (Wildman–Crippen MR) is 97.9 cm³/mol. The van der Waals surface area contributed by atoms with Gasteiger partial charge in [-0.15, -0.1) is 11.3 Å². The number of hydrogen-bond donors (Lipinski definition) is 0. The van der Waals surface area contributed by atoms with Gasteiger partial charge in [-0.25, -0.2) is 9.78 Å². The minimum Gasteiger partial charge on any atom is -0.487 e. The molecule has 27 heavy (non-hydrogen) atoms. The highest BCUT2D eigenvalue weighted by molar-refractivity contribution is 7.13. The Balaban J connectivity index is 1.73. The van der Waals surface area contributed by atoms with Gasteiger partial charge in [-0.1, -0.05) is 6.07 Å². The van der Waals surface area contributed by atoms with E-state index < -0.39 is 10.9 Å². The number of nitro benzene ring substituents is 1. The Bertz CT molecular complexity index is 964. The number of benzene rings is 1. The molecule has 3 rings (SSSR count). The standard InChI is InChI=1S/C18H16N2O6S/c1-3-24-15-7-6-12(9-14(15)20(22)23)18(21)25-10-13-11(2)26-17(19-13)16-5-4-8-27-16/h4-9H,3,10H2,1-2H3. The van der Waals surface area contributed by atoms with Gasteiger partial charge in [0.2, 0.25) is 5.89 Å². The minimum absolute atomic E-state index is 0.0600. The van der Waals surface area contributed by atoms with Gasteiger partial charge in [-0.05, 0) is 37.4 Å². The summed E-state index contributed by atoms with van der Waals surface area (Å²) in [7, 11) is 0. The first-order valence-corrected chi connectivity index (χ1v) is 8.96. The van der Waals surface area contributed by atoms with Crippen molar-refractivity contribution in [2.75, 3.05) is 6.61 Å². The summed E-state index contributed by atoms with van der Waals surface area (Å²) in [5.41, 5.74) is 0.265. The van der Waals surface area contributed by atoms with E-state index in [2.05, 4.69) is 4.98 Å². The second-order valence-electron chi connectivity index (χ2n) is 5.45. The van der Waals surface area contributed by atoms with Crippen molar-refractivity contribution >= 4 is 23.0 Å². The van der Waals surface area contributed by atoms with Crippen LogP contribution in [0.2, 0.25) is 0 Å². The van der Waals surface area contributed by atoms with Crippen molar-refractivity contribution in [1.29, 1.82) is 0 Å². The summed E-state index contributed by atoms with van der Waals surface area (Å²) in [6, 6.07) is 7.71. The van der Waals surface area contributed by atoms with Gasteiger partial charge in [0.25, 0.3) is 0 Å². The lowest BCUT2D eigenvalue weighted by Gasteiger charge is -2.06. The average molecular weight is 388 g/mol. The highest BCUT2D eigenvalue weighted by Gasteiger charge is 2.20. The number of nitro groups is 1. The summed E-state index contributed by atoms with van der Waals surface area (Å²) in [5, 5.41) is 13.1. The monoisotopic (exact) mass is 388 g/mol. The zero-order valence-electron chi connectivity index (χ0n) is 14.6. The fourth-order valence-electron chi connectivity index (χ4n) is 2.35. The molecule has 0 N–H and O–H groups in total. The normalized spacial score (nSPS) is 10.6. The second-order valence-corrected chi connectivity index (χ2v) is 6.40. The van der Waals surface area contributed by atoms with Crippen molar-refractivity contribution < 1.29 is 23.6 Å². The van der Waals surface area contributed by atoms with Crippen LogP contribution in [0.5, 0.6) is 5.75 Å². The molecular formula is C18H16N2O6S. The predicted octanol–water partition coefficient (Wildman–Crippen LogP) is 4.38. The maximum absolute atomic E-state index is 12.3. The quantitative estimate of drug-likeness (QED) is 0.336. The van der Waals surface area contributed by atoms with E-state index >= 15 is 0 Å². The van der Waals surface area contributed by atoms with Crippen molar-refractivity contribution in [3.8, 4) is 16.5 Å². The number of esters is 1. The number of aryl methyl sites for hydroxylation is 1. The third-order valence-corrected chi connectivity index (χ3v) is 4.51. The zero-order chi connectivity index (χ0) is 19.4. The van der Waals surface area contributed by atoms with Crippen LogP contribution in [0, 0.1) is 17.0 Å². The molecule has 8 nitrogen and oxygen atoms in total. The average Bonchev–Trinajstić information content (AvgIpc) is 3.30. The number of oxazole rings is 1. The first-order valence-electron chi connectivity index (χ1n) is 8.08. The van der Waals surface area contributed by atoms with Gasteiger partial charge in [-0.2, -0.15) is 0 Å². The van der Waals surface area contributed by atoms with Crippen LogP contribution < -0.4 is 4.74 Å². The number of ether oxygens (including phenoxy) is 2. The summed E-state index contributed by atoms with van der Waals surface area (Å²) < 4.78 is 16.0. The van der Waals surface area contributed by atoms with E-state index in [0.29, 0.717) is 17.3 Å². The van der Waals surface area contributed by atoms with Gasteiger partial charge >= 0.3 is 11.7 Å². The molecule has 2 heterocycles. The molecular weight excluding hydrogens is 372 g/mol.